The number of anilines is 1. The van der Waals surface area contributed by atoms with Crippen LogP contribution in [-0.4, -0.2) is 51.7 Å². The molecule has 2 bridgehead atoms. The van der Waals surface area contributed by atoms with Crippen LogP contribution in [0.15, 0.2) is 6.33 Å². The highest BCUT2D eigenvalue weighted by molar-refractivity contribution is 5.70. The molecule has 6 heteroatoms. The van der Waals surface area contributed by atoms with Crippen molar-refractivity contribution in [3.8, 4) is 0 Å². The average Bonchev–Trinajstić information content (AvgIpc) is 2.71. The van der Waals surface area contributed by atoms with E-state index in [2.05, 4.69) is 21.8 Å². The Balaban J connectivity index is 1.77. The minimum atomic E-state index is -0.450. The smallest absolute Gasteiger partial charge is 0.410 e. The van der Waals surface area contributed by atoms with Crippen molar-refractivity contribution in [3.05, 3.63) is 17.6 Å². The highest BCUT2D eigenvalue weighted by atomic mass is 16.6. The first kappa shape index (κ1) is 16.0. The van der Waals surface area contributed by atoms with Crippen LogP contribution in [0.5, 0.6) is 0 Å². The van der Waals surface area contributed by atoms with Gasteiger partial charge in [-0.15, -0.1) is 0 Å². The predicted octanol–water partition coefficient (Wildman–Crippen LogP) is 2.68. The Hall–Kier alpha value is -1.85. The summed E-state index contributed by atoms with van der Waals surface area (Å²) >= 11 is 0. The van der Waals surface area contributed by atoms with Gasteiger partial charge in [-0.3, -0.25) is 4.90 Å². The van der Waals surface area contributed by atoms with Gasteiger partial charge in [-0.05, 0) is 47.5 Å². The van der Waals surface area contributed by atoms with Crippen molar-refractivity contribution in [2.75, 3.05) is 18.0 Å². The lowest BCUT2D eigenvalue weighted by Crippen LogP contribution is -2.57. The van der Waals surface area contributed by atoms with Gasteiger partial charge in [-0.1, -0.05) is 0 Å². The molecule has 2 atom stereocenters. The van der Waals surface area contributed by atoms with Gasteiger partial charge in [-0.25, -0.2) is 14.8 Å². The molecule has 0 aliphatic carbocycles. The largest absolute Gasteiger partial charge is 0.444 e. The SMILES string of the molecule is Cc1ncnc(N2CC3CCC(C2)N3C(=O)OC(C)(C)C)c1C. The number of carbonyl (C=O) groups is 1. The van der Waals surface area contributed by atoms with Crippen molar-refractivity contribution in [2.24, 2.45) is 0 Å². The normalized spacial score (nSPS) is 24.0. The maximum atomic E-state index is 12.5. The monoisotopic (exact) mass is 318 g/mol. The van der Waals surface area contributed by atoms with E-state index in [1.165, 1.54) is 0 Å². The van der Waals surface area contributed by atoms with Crippen molar-refractivity contribution in [1.29, 1.82) is 0 Å². The Morgan fingerprint density at radius 3 is 2.35 bits per heavy atom. The van der Waals surface area contributed by atoms with Gasteiger partial charge >= 0.3 is 6.09 Å². The van der Waals surface area contributed by atoms with Gasteiger partial charge in [0.05, 0.1) is 12.1 Å². The van der Waals surface area contributed by atoms with Crippen LogP contribution in [0.25, 0.3) is 0 Å². The van der Waals surface area contributed by atoms with Crippen molar-refractivity contribution in [2.45, 2.75) is 65.1 Å². The molecule has 2 unspecified atom stereocenters. The topological polar surface area (TPSA) is 58.6 Å². The quantitative estimate of drug-likeness (QED) is 0.797. The number of hydrogen-bond donors (Lipinski definition) is 0. The van der Waals surface area contributed by atoms with Crippen LogP contribution in [0.3, 0.4) is 0 Å². The first-order chi connectivity index (χ1) is 10.8. The number of piperazine rings is 1. The summed E-state index contributed by atoms with van der Waals surface area (Å²) in [4.78, 5) is 25.5. The molecule has 2 fully saturated rings. The van der Waals surface area contributed by atoms with Gasteiger partial charge in [0, 0.05) is 24.3 Å². The van der Waals surface area contributed by atoms with Crippen molar-refractivity contribution < 1.29 is 9.53 Å². The number of nitrogens with zero attached hydrogens (tertiary/aromatic N) is 4. The lowest BCUT2D eigenvalue weighted by molar-refractivity contribution is 0.0122. The van der Waals surface area contributed by atoms with E-state index in [1.807, 2.05) is 32.6 Å². The number of amides is 1. The molecule has 0 N–H and O–H groups in total. The molecule has 3 rings (SSSR count). The van der Waals surface area contributed by atoms with Crippen LogP contribution in [0.4, 0.5) is 10.6 Å². The van der Waals surface area contributed by atoms with Gasteiger partial charge in [0.15, 0.2) is 0 Å². The molecule has 1 amide bonds. The molecule has 0 radical (unpaired) electrons. The maximum absolute atomic E-state index is 12.5. The summed E-state index contributed by atoms with van der Waals surface area (Å²) in [5.41, 5.74) is 1.68. The molecule has 23 heavy (non-hydrogen) atoms. The molecule has 2 saturated heterocycles. The van der Waals surface area contributed by atoms with Crippen LogP contribution in [0.2, 0.25) is 0 Å². The van der Waals surface area contributed by atoms with Crippen LogP contribution >= 0.6 is 0 Å². The Labute approximate surface area is 137 Å². The highest BCUT2D eigenvalue weighted by Crippen LogP contribution is 2.34. The zero-order chi connectivity index (χ0) is 16.8. The Morgan fingerprint density at radius 2 is 1.78 bits per heavy atom. The number of hydrogen-bond acceptors (Lipinski definition) is 5. The van der Waals surface area contributed by atoms with E-state index < -0.39 is 5.60 Å². The third kappa shape index (κ3) is 3.12. The van der Waals surface area contributed by atoms with Gasteiger partial charge < -0.3 is 9.64 Å². The van der Waals surface area contributed by atoms with Crippen molar-refractivity contribution >= 4 is 11.9 Å². The zero-order valence-electron chi connectivity index (χ0n) is 14.7. The van der Waals surface area contributed by atoms with Gasteiger partial charge in [0.1, 0.15) is 17.7 Å². The van der Waals surface area contributed by atoms with Crippen LogP contribution in [-0.2, 0) is 4.74 Å². The summed E-state index contributed by atoms with van der Waals surface area (Å²) in [6.07, 6.45) is 3.51. The second-order valence-corrected chi connectivity index (χ2v) is 7.59. The van der Waals surface area contributed by atoms with Crippen LogP contribution in [0.1, 0.15) is 44.9 Å². The Morgan fingerprint density at radius 1 is 1.17 bits per heavy atom. The molecule has 3 heterocycles. The van der Waals surface area contributed by atoms with E-state index in [-0.39, 0.29) is 18.2 Å². The lowest BCUT2D eigenvalue weighted by atomic mass is 10.1. The summed E-state index contributed by atoms with van der Waals surface area (Å²) in [5.74, 6) is 0.998. The lowest BCUT2D eigenvalue weighted by Gasteiger charge is -2.42. The van der Waals surface area contributed by atoms with E-state index in [0.29, 0.717) is 0 Å². The Bertz CT molecular complexity index is 597. The van der Waals surface area contributed by atoms with E-state index in [4.69, 9.17) is 4.74 Å². The molecular weight excluding hydrogens is 292 g/mol. The molecule has 1 aromatic heterocycles. The van der Waals surface area contributed by atoms with Crippen molar-refractivity contribution in [1.82, 2.24) is 14.9 Å². The highest BCUT2D eigenvalue weighted by Gasteiger charge is 2.44. The van der Waals surface area contributed by atoms with E-state index in [1.54, 1.807) is 6.33 Å². The number of rotatable bonds is 1. The number of aryl methyl sites for hydroxylation is 1. The molecule has 2 aliphatic rings. The van der Waals surface area contributed by atoms with Gasteiger partial charge in [0.2, 0.25) is 0 Å². The summed E-state index contributed by atoms with van der Waals surface area (Å²) in [7, 11) is 0. The molecule has 0 spiro atoms. The first-order valence-electron chi connectivity index (χ1n) is 8.31. The molecular formula is C17H26N4O2. The van der Waals surface area contributed by atoms with Crippen molar-refractivity contribution in [3.63, 3.8) is 0 Å². The third-order valence-electron chi connectivity index (χ3n) is 4.70. The Kier molecular flexibility index (Phi) is 3.94. The van der Waals surface area contributed by atoms with Crippen LogP contribution < -0.4 is 4.90 Å². The third-order valence-corrected chi connectivity index (χ3v) is 4.70. The molecule has 2 aliphatic heterocycles. The maximum Gasteiger partial charge on any atom is 0.410 e. The minimum Gasteiger partial charge on any atom is -0.444 e. The second-order valence-electron chi connectivity index (χ2n) is 7.59. The predicted molar refractivity (Wildman–Crippen MR) is 88.6 cm³/mol. The van der Waals surface area contributed by atoms with Gasteiger partial charge in [0.25, 0.3) is 0 Å². The molecule has 6 nitrogen and oxygen atoms in total. The number of ether oxygens (including phenoxy) is 1. The first-order valence-corrected chi connectivity index (χ1v) is 8.31. The van der Waals surface area contributed by atoms with E-state index in [9.17, 15) is 4.79 Å². The van der Waals surface area contributed by atoms with Gasteiger partial charge in [-0.2, -0.15) is 0 Å². The van der Waals surface area contributed by atoms with Crippen LogP contribution in [0, 0.1) is 13.8 Å². The fourth-order valence-corrected chi connectivity index (χ4v) is 3.53. The minimum absolute atomic E-state index is 0.180. The number of aromatic nitrogens is 2. The number of fused-ring (bicyclic) bond motifs is 2. The second kappa shape index (κ2) is 5.65. The summed E-state index contributed by atoms with van der Waals surface area (Å²) in [5, 5.41) is 0. The van der Waals surface area contributed by atoms with E-state index >= 15 is 0 Å². The summed E-state index contributed by atoms with van der Waals surface area (Å²) in [6.45, 7) is 11.4. The standard InChI is InChI=1S/C17H26N4O2/c1-11-12(2)18-10-19-15(11)20-8-13-6-7-14(9-20)21(13)16(22)23-17(3,4)5/h10,13-14H,6-9H2,1-5H3. The fraction of sp³-hybridized carbons (Fsp3) is 0.706. The fourth-order valence-electron chi connectivity index (χ4n) is 3.53. The molecule has 0 aromatic carbocycles. The zero-order valence-corrected chi connectivity index (χ0v) is 14.7. The molecule has 0 saturated carbocycles. The van der Waals surface area contributed by atoms with E-state index in [0.717, 1.165) is 43.0 Å². The average molecular weight is 318 g/mol. The molecule has 1 aromatic rings. The summed E-state index contributed by atoms with van der Waals surface area (Å²) < 4.78 is 5.58. The summed E-state index contributed by atoms with van der Waals surface area (Å²) in [6, 6.07) is 0.413. The number of carbonyl (C=O) groups excluding carboxylic acids is 1. The molecule has 126 valence electrons.